The second kappa shape index (κ2) is 4.12. The minimum absolute atomic E-state index is 0.218. The highest BCUT2D eigenvalue weighted by molar-refractivity contribution is 5.86. The van der Waals surface area contributed by atoms with Gasteiger partial charge in [-0.2, -0.15) is 0 Å². The van der Waals surface area contributed by atoms with Gasteiger partial charge < -0.3 is 14.6 Å². The Balaban J connectivity index is 1.91. The number of ketones is 1. The molecule has 2 aliphatic rings. The molecule has 0 spiro atoms. The summed E-state index contributed by atoms with van der Waals surface area (Å²) < 4.78 is 1.92. The molecule has 0 saturated carbocycles. The number of rotatable bonds is 2. The number of nitrogens with zero attached hydrogens (tertiary/aromatic N) is 3. The molecule has 1 atom stereocenters. The molecule has 0 aromatic carbocycles. The van der Waals surface area contributed by atoms with Crippen LogP contribution in [0.25, 0.3) is 0 Å². The van der Waals surface area contributed by atoms with E-state index in [4.69, 9.17) is 0 Å². The molecule has 6 nitrogen and oxygen atoms in total. The van der Waals surface area contributed by atoms with Gasteiger partial charge in [0.05, 0.1) is 6.54 Å². The molecule has 0 radical (unpaired) electrons. The fourth-order valence-corrected chi connectivity index (χ4v) is 2.68. The van der Waals surface area contributed by atoms with Crippen LogP contribution in [0.1, 0.15) is 31.0 Å². The monoisotopic (exact) mass is 249 g/mol. The normalized spacial score (nSPS) is 23.2. The van der Waals surface area contributed by atoms with Gasteiger partial charge in [-0.25, -0.2) is 4.98 Å². The zero-order chi connectivity index (χ0) is 12.7. The summed E-state index contributed by atoms with van der Waals surface area (Å²) in [6.07, 6.45) is 3.94. The topological polar surface area (TPSA) is 75.4 Å². The smallest absolute Gasteiger partial charge is 0.314 e. The van der Waals surface area contributed by atoms with Crippen LogP contribution in [-0.2, 0) is 16.1 Å². The van der Waals surface area contributed by atoms with Crippen LogP contribution in [0.2, 0.25) is 0 Å². The zero-order valence-electron chi connectivity index (χ0n) is 10.0. The van der Waals surface area contributed by atoms with E-state index in [0.29, 0.717) is 31.8 Å². The lowest BCUT2D eigenvalue weighted by Crippen LogP contribution is -2.22. The Bertz CT molecular complexity index is 509. The van der Waals surface area contributed by atoms with Crippen molar-refractivity contribution in [2.24, 2.45) is 0 Å². The van der Waals surface area contributed by atoms with Gasteiger partial charge in [-0.1, -0.05) is 0 Å². The molecule has 1 aromatic heterocycles. The molecule has 0 amide bonds. The van der Waals surface area contributed by atoms with Gasteiger partial charge in [0.1, 0.15) is 17.6 Å². The summed E-state index contributed by atoms with van der Waals surface area (Å²) in [7, 11) is 0. The van der Waals surface area contributed by atoms with Gasteiger partial charge in [-0.05, 0) is 12.8 Å². The summed E-state index contributed by atoms with van der Waals surface area (Å²) in [5.41, 5.74) is 0. The van der Waals surface area contributed by atoms with Crippen molar-refractivity contribution in [3.8, 4) is 0 Å². The van der Waals surface area contributed by atoms with Crippen molar-refractivity contribution in [3.63, 3.8) is 0 Å². The number of aliphatic carboxylic acids is 1. The SMILES string of the molecule is O=C1CCN(c2cn3c(n2)C(C(=O)O)CCC3)C1. The van der Waals surface area contributed by atoms with Crippen molar-refractivity contribution in [1.29, 1.82) is 0 Å². The average Bonchev–Trinajstić information content (AvgIpc) is 2.93. The predicted molar refractivity (Wildman–Crippen MR) is 63.7 cm³/mol. The number of carbonyl (C=O) groups excluding carboxylic acids is 1. The van der Waals surface area contributed by atoms with E-state index >= 15 is 0 Å². The average molecular weight is 249 g/mol. The molecule has 0 bridgehead atoms. The van der Waals surface area contributed by atoms with Crippen LogP contribution in [0, 0.1) is 0 Å². The van der Waals surface area contributed by atoms with Gasteiger partial charge in [0.2, 0.25) is 0 Å². The van der Waals surface area contributed by atoms with Gasteiger partial charge in [0, 0.05) is 25.7 Å². The van der Waals surface area contributed by atoms with Gasteiger partial charge in [0.15, 0.2) is 5.78 Å². The Labute approximate surface area is 104 Å². The second-order valence-corrected chi connectivity index (χ2v) is 4.89. The number of carboxylic acid groups (broad SMARTS) is 1. The molecular formula is C12H15N3O3. The van der Waals surface area contributed by atoms with E-state index in [1.54, 1.807) is 0 Å². The van der Waals surface area contributed by atoms with Crippen LogP contribution in [0.15, 0.2) is 6.20 Å². The molecule has 1 unspecified atom stereocenters. The molecule has 3 heterocycles. The third kappa shape index (κ3) is 1.77. The van der Waals surface area contributed by atoms with Crippen molar-refractivity contribution in [3.05, 3.63) is 12.0 Å². The number of carboxylic acids is 1. The van der Waals surface area contributed by atoms with Crippen molar-refractivity contribution >= 4 is 17.6 Å². The number of hydrogen-bond donors (Lipinski definition) is 1. The largest absolute Gasteiger partial charge is 0.481 e. The molecule has 0 aliphatic carbocycles. The number of carbonyl (C=O) groups is 2. The molecule has 1 saturated heterocycles. The minimum Gasteiger partial charge on any atom is -0.481 e. The molecule has 18 heavy (non-hydrogen) atoms. The molecule has 2 aliphatic heterocycles. The third-order valence-corrected chi connectivity index (χ3v) is 3.65. The molecule has 6 heteroatoms. The van der Waals surface area contributed by atoms with E-state index in [0.717, 1.165) is 18.8 Å². The zero-order valence-corrected chi connectivity index (χ0v) is 10.0. The molecule has 3 rings (SSSR count). The van der Waals surface area contributed by atoms with Crippen LogP contribution in [0.4, 0.5) is 5.82 Å². The fourth-order valence-electron chi connectivity index (χ4n) is 2.68. The Morgan fingerprint density at radius 3 is 2.94 bits per heavy atom. The first-order chi connectivity index (χ1) is 8.65. The van der Waals surface area contributed by atoms with E-state index in [1.165, 1.54) is 0 Å². The number of anilines is 1. The maximum absolute atomic E-state index is 11.3. The lowest BCUT2D eigenvalue weighted by atomic mass is 9.99. The Morgan fingerprint density at radius 1 is 1.44 bits per heavy atom. The number of Topliss-reactive ketones (excluding diaryl/α,β-unsaturated/α-hetero) is 1. The van der Waals surface area contributed by atoms with Crippen LogP contribution in [0.3, 0.4) is 0 Å². The second-order valence-electron chi connectivity index (χ2n) is 4.89. The Hall–Kier alpha value is -1.85. The summed E-state index contributed by atoms with van der Waals surface area (Å²) >= 11 is 0. The maximum atomic E-state index is 11.3. The molecule has 1 aromatic rings. The van der Waals surface area contributed by atoms with Crippen molar-refractivity contribution in [2.75, 3.05) is 18.0 Å². The van der Waals surface area contributed by atoms with E-state index in [-0.39, 0.29) is 5.78 Å². The van der Waals surface area contributed by atoms with Crippen molar-refractivity contribution in [1.82, 2.24) is 9.55 Å². The molecule has 1 N–H and O–H groups in total. The summed E-state index contributed by atoms with van der Waals surface area (Å²) in [4.78, 5) is 28.8. The fraction of sp³-hybridized carbons (Fsp3) is 0.583. The maximum Gasteiger partial charge on any atom is 0.314 e. The van der Waals surface area contributed by atoms with Crippen LogP contribution < -0.4 is 4.90 Å². The van der Waals surface area contributed by atoms with Gasteiger partial charge >= 0.3 is 5.97 Å². The Morgan fingerprint density at radius 2 is 2.28 bits per heavy atom. The highest BCUT2D eigenvalue weighted by Gasteiger charge is 2.30. The van der Waals surface area contributed by atoms with Crippen LogP contribution >= 0.6 is 0 Å². The lowest BCUT2D eigenvalue weighted by Gasteiger charge is -2.19. The summed E-state index contributed by atoms with van der Waals surface area (Å²) in [5.74, 6) is 0.263. The highest BCUT2D eigenvalue weighted by Crippen LogP contribution is 2.30. The number of aryl methyl sites for hydroxylation is 1. The first-order valence-electron chi connectivity index (χ1n) is 6.21. The van der Waals surface area contributed by atoms with Crippen LogP contribution in [-0.4, -0.2) is 39.5 Å². The van der Waals surface area contributed by atoms with E-state index < -0.39 is 11.9 Å². The van der Waals surface area contributed by atoms with Gasteiger partial charge in [-0.15, -0.1) is 0 Å². The highest BCUT2D eigenvalue weighted by atomic mass is 16.4. The first kappa shape index (κ1) is 11.3. The van der Waals surface area contributed by atoms with E-state index in [2.05, 4.69) is 4.98 Å². The summed E-state index contributed by atoms with van der Waals surface area (Å²) in [5, 5.41) is 9.18. The third-order valence-electron chi connectivity index (χ3n) is 3.65. The number of aromatic nitrogens is 2. The summed E-state index contributed by atoms with van der Waals surface area (Å²) in [6, 6.07) is 0. The van der Waals surface area contributed by atoms with Crippen molar-refractivity contribution in [2.45, 2.75) is 31.7 Å². The van der Waals surface area contributed by atoms with Crippen LogP contribution in [0.5, 0.6) is 0 Å². The van der Waals surface area contributed by atoms with Gasteiger partial charge in [0.25, 0.3) is 0 Å². The summed E-state index contributed by atoms with van der Waals surface area (Å²) in [6.45, 7) is 1.90. The number of imidazole rings is 1. The van der Waals surface area contributed by atoms with Gasteiger partial charge in [-0.3, -0.25) is 9.59 Å². The first-order valence-corrected chi connectivity index (χ1v) is 6.21. The predicted octanol–water partition coefficient (Wildman–Crippen LogP) is 0.624. The van der Waals surface area contributed by atoms with Crippen molar-refractivity contribution < 1.29 is 14.7 Å². The molecule has 96 valence electrons. The molecular weight excluding hydrogens is 234 g/mol. The Kier molecular flexibility index (Phi) is 2.57. The minimum atomic E-state index is -0.814. The standard InChI is InChI=1S/C12H15N3O3/c16-8-3-5-14(6-8)10-7-15-4-1-2-9(12(17)18)11(15)13-10/h7,9H,1-6H2,(H,17,18). The quantitative estimate of drug-likeness (QED) is 0.831. The number of fused-ring (bicyclic) bond motifs is 1. The number of hydrogen-bond acceptors (Lipinski definition) is 4. The van der Waals surface area contributed by atoms with E-state index in [9.17, 15) is 14.7 Å². The van der Waals surface area contributed by atoms with E-state index in [1.807, 2.05) is 15.7 Å². The lowest BCUT2D eigenvalue weighted by molar-refractivity contribution is -0.139. The molecule has 1 fully saturated rings.